The van der Waals surface area contributed by atoms with E-state index >= 15 is 0 Å². The summed E-state index contributed by atoms with van der Waals surface area (Å²) in [4.78, 5) is 16.4. The van der Waals surface area contributed by atoms with E-state index in [9.17, 15) is 9.18 Å². The van der Waals surface area contributed by atoms with Gasteiger partial charge in [-0.25, -0.2) is 4.39 Å². The van der Waals surface area contributed by atoms with E-state index in [-0.39, 0.29) is 11.7 Å². The van der Waals surface area contributed by atoms with Gasteiger partial charge in [-0.3, -0.25) is 4.79 Å². The first-order valence-electron chi connectivity index (χ1n) is 8.27. The van der Waals surface area contributed by atoms with Crippen LogP contribution in [0.5, 0.6) is 5.75 Å². The topological polar surface area (TPSA) is 58.8 Å². The Labute approximate surface area is 146 Å². The molecule has 5 nitrogen and oxygen atoms in total. The zero-order valence-corrected chi connectivity index (χ0v) is 14.2. The highest BCUT2D eigenvalue weighted by Crippen LogP contribution is 2.29. The van der Waals surface area contributed by atoms with Gasteiger partial charge in [-0.15, -0.1) is 0 Å². The van der Waals surface area contributed by atoms with E-state index in [1.807, 2.05) is 17.0 Å². The maximum absolute atomic E-state index is 13.3. The fourth-order valence-electron chi connectivity index (χ4n) is 3.03. The average molecular weight is 343 g/mol. The van der Waals surface area contributed by atoms with Crippen LogP contribution >= 0.6 is 0 Å². The number of benzene rings is 2. The van der Waals surface area contributed by atoms with Crippen LogP contribution in [0.1, 0.15) is 5.56 Å². The molecule has 2 aromatic rings. The smallest absolute Gasteiger partial charge is 0.227 e. The lowest BCUT2D eigenvalue weighted by Gasteiger charge is -2.36. The number of carbonyl (C=O) groups is 1. The van der Waals surface area contributed by atoms with Gasteiger partial charge in [0.1, 0.15) is 11.6 Å². The molecule has 0 atom stereocenters. The molecule has 0 spiro atoms. The Morgan fingerprint density at radius 2 is 1.80 bits per heavy atom. The number of nitrogens with two attached hydrogens (primary N) is 1. The molecule has 132 valence electrons. The summed E-state index contributed by atoms with van der Waals surface area (Å²) in [6.45, 7) is 2.65. The minimum atomic E-state index is -0.321. The Kier molecular flexibility index (Phi) is 5.07. The Morgan fingerprint density at radius 3 is 2.44 bits per heavy atom. The third kappa shape index (κ3) is 4.02. The van der Waals surface area contributed by atoms with E-state index in [4.69, 9.17) is 10.5 Å². The number of anilines is 2. The maximum Gasteiger partial charge on any atom is 0.227 e. The minimum absolute atomic E-state index is 0.107. The van der Waals surface area contributed by atoms with Gasteiger partial charge in [0.2, 0.25) is 5.91 Å². The molecule has 1 aliphatic heterocycles. The van der Waals surface area contributed by atoms with Crippen LogP contribution in [-0.4, -0.2) is 44.1 Å². The van der Waals surface area contributed by atoms with Crippen molar-refractivity contribution >= 4 is 17.3 Å². The van der Waals surface area contributed by atoms with Gasteiger partial charge in [0.25, 0.3) is 0 Å². The van der Waals surface area contributed by atoms with Crippen molar-refractivity contribution in [2.24, 2.45) is 0 Å². The zero-order valence-electron chi connectivity index (χ0n) is 14.2. The summed E-state index contributed by atoms with van der Waals surface area (Å²) in [5.74, 6) is 0.301. The number of carbonyl (C=O) groups excluding carboxylic acids is 1. The van der Waals surface area contributed by atoms with Crippen LogP contribution in [0, 0.1) is 5.82 Å². The Bertz CT molecular complexity index is 741. The normalized spacial score (nSPS) is 14.5. The predicted octanol–water partition coefficient (Wildman–Crippen LogP) is 2.31. The maximum atomic E-state index is 13.3. The van der Waals surface area contributed by atoms with Gasteiger partial charge >= 0.3 is 0 Å². The molecule has 0 radical (unpaired) electrons. The second kappa shape index (κ2) is 7.42. The number of piperazine rings is 1. The van der Waals surface area contributed by atoms with Crippen LogP contribution < -0.4 is 15.4 Å². The Hall–Kier alpha value is -2.76. The number of hydrogen-bond acceptors (Lipinski definition) is 4. The highest BCUT2D eigenvalue weighted by molar-refractivity contribution is 5.79. The van der Waals surface area contributed by atoms with Crippen LogP contribution in [0.4, 0.5) is 15.8 Å². The van der Waals surface area contributed by atoms with Gasteiger partial charge in [-0.2, -0.15) is 0 Å². The number of nitrogens with zero attached hydrogens (tertiary/aromatic N) is 2. The summed E-state index contributed by atoms with van der Waals surface area (Å²) in [7, 11) is 1.53. The minimum Gasteiger partial charge on any atom is -0.494 e. The van der Waals surface area contributed by atoms with Crippen LogP contribution in [0.15, 0.2) is 42.5 Å². The monoisotopic (exact) mass is 343 g/mol. The van der Waals surface area contributed by atoms with Crippen molar-refractivity contribution < 1.29 is 13.9 Å². The molecule has 3 rings (SSSR count). The van der Waals surface area contributed by atoms with Crippen molar-refractivity contribution in [2.45, 2.75) is 6.42 Å². The van der Waals surface area contributed by atoms with Gasteiger partial charge in [0, 0.05) is 37.9 Å². The molecule has 1 heterocycles. The molecule has 0 aliphatic carbocycles. The Morgan fingerprint density at radius 1 is 1.12 bits per heavy atom. The van der Waals surface area contributed by atoms with Crippen molar-refractivity contribution in [3.63, 3.8) is 0 Å². The van der Waals surface area contributed by atoms with Crippen LogP contribution in [-0.2, 0) is 11.2 Å². The number of hydrogen-bond donors (Lipinski definition) is 1. The van der Waals surface area contributed by atoms with Crippen molar-refractivity contribution in [2.75, 3.05) is 43.9 Å². The summed E-state index contributed by atoms with van der Waals surface area (Å²) < 4.78 is 18.6. The number of amides is 1. The first-order valence-corrected chi connectivity index (χ1v) is 8.27. The summed E-state index contributed by atoms with van der Waals surface area (Å²) in [6, 6.07) is 11.9. The van der Waals surface area contributed by atoms with E-state index in [0.717, 1.165) is 11.3 Å². The molecule has 0 aromatic heterocycles. The average Bonchev–Trinajstić information content (AvgIpc) is 2.63. The number of rotatable bonds is 4. The van der Waals surface area contributed by atoms with E-state index < -0.39 is 0 Å². The van der Waals surface area contributed by atoms with Crippen LogP contribution in [0.25, 0.3) is 0 Å². The van der Waals surface area contributed by atoms with Crippen molar-refractivity contribution in [3.05, 3.63) is 53.8 Å². The molecule has 2 N–H and O–H groups in total. The molecule has 25 heavy (non-hydrogen) atoms. The molecule has 6 heteroatoms. The summed E-state index contributed by atoms with van der Waals surface area (Å²) >= 11 is 0. The molecule has 0 bridgehead atoms. The van der Waals surface area contributed by atoms with E-state index in [0.29, 0.717) is 44.0 Å². The lowest BCUT2D eigenvalue weighted by atomic mass is 10.1. The van der Waals surface area contributed by atoms with Crippen LogP contribution in [0.2, 0.25) is 0 Å². The fourth-order valence-corrected chi connectivity index (χ4v) is 3.03. The summed E-state index contributed by atoms with van der Waals surface area (Å²) in [5.41, 5.74) is 8.18. The molecule has 2 aromatic carbocycles. The van der Waals surface area contributed by atoms with Crippen LogP contribution in [0.3, 0.4) is 0 Å². The quantitative estimate of drug-likeness (QED) is 0.866. The SMILES string of the molecule is COc1cc(F)ccc1N1CCN(C(=O)Cc2ccc(N)cc2)CC1. The van der Waals surface area contributed by atoms with Gasteiger partial charge < -0.3 is 20.3 Å². The first kappa shape index (κ1) is 17.1. The number of methoxy groups -OCH3 is 1. The lowest BCUT2D eigenvalue weighted by Crippen LogP contribution is -2.49. The lowest BCUT2D eigenvalue weighted by molar-refractivity contribution is -0.130. The van der Waals surface area contributed by atoms with Crippen molar-refractivity contribution in [1.29, 1.82) is 0 Å². The number of halogens is 1. The molecule has 0 unspecified atom stereocenters. The number of ether oxygens (including phenoxy) is 1. The second-order valence-electron chi connectivity index (χ2n) is 6.10. The molecule has 1 saturated heterocycles. The van der Waals surface area contributed by atoms with E-state index in [1.165, 1.54) is 19.2 Å². The van der Waals surface area contributed by atoms with Crippen molar-refractivity contribution in [3.8, 4) is 5.75 Å². The molecular formula is C19H22FN3O2. The van der Waals surface area contributed by atoms with Gasteiger partial charge in [-0.05, 0) is 29.8 Å². The van der Waals surface area contributed by atoms with Gasteiger partial charge in [0.05, 0.1) is 19.2 Å². The number of nitrogen functional groups attached to an aromatic ring is 1. The summed E-state index contributed by atoms with van der Waals surface area (Å²) in [6.07, 6.45) is 0.375. The van der Waals surface area contributed by atoms with Gasteiger partial charge in [0.15, 0.2) is 0 Å². The van der Waals surface area contributed by atoms with E-state index in [2.05, 4.69) is 4.90 Å². The highest BCUT2D eigenvalue weighted by Gasteiger charge is 2.23. The first-order chi connectivity index (χ1) is 12.1. The summed E-state index contributed by atoms with van der Waals surface area (Å²) in [5, 5.41) is 0. The zero-order chi connectivity index (χ0) is 17.8. The largest absolute Gasteiger partial charge is 0.494 e. The van der Waals surface area contributed by atoms with Gasteiger partial charge in [-0.1, -0.05) is 12.1 Å². The fraction of sp³-hybridized carbons (Fsp3) is 0.316. The van der Waals surface area contributed by atoms with E-state index in [1.54, 1.807) is 18.2 Å². The molecule has 1 aliphatic rings. The highest BCUT2D eigenvalue weighted by atomic mass is 19.1. The van der Waals surface area contributed by atoms with Crippen molar-refractivity contribution in [1.82, 2.24) is 4.90 Å². The third-order valence-corrected chi connectivity index (χ3v) is 4.45. The molecule has 1 fully saturated rings. The molecule has 0 saturated carbocycles. The molecular weight excluding hydrogens is 321 g/mol. The Balaban J connectivity index is 1.60. The second-order valence-corrected chi connectivity index (χ2v) is 6.10. The molecule has 1 amide bonds. The standard InChI is InChI=1S/C19H22FN3O2/c1-25-18-13-15(20)4-7-17(18)22-8-10-23(11-9-22)19(24)12-14-2-5-16(21)6-3-14/h2-7,13H,8-12,21H2,1H3. The third-order valence-electron chi connectivity index (χ3n) is 4.45. The predicted molar refractivity (Wildman–Crippen MR) is 96.3 cm³/mol.